The third kappa shape index (κ3) is 10.1. The van der Waals surface area contributed by atoms with Gasteiger partial charge in [-0.3, -0.25) is 9.59 Å². The number of benzene rings is 1. The van der Waals surface area contributed by atoms with Crippen LogP contribution in [0.25, 0.3) is 0 Å². The molecule has 7 nitrogen and oxygen atoms in total. The van der Waals surface area contributed by atoms with E-state index in [-0.39, 0.29) is 18.4 Å². The fourth-order valence-corrected chi connectivity index (χ4v) is 3.10. The topological polar surface area (TPSA) is 87.7 Å². The van der Waals surface area contributed by atoms with Crippen LogP contribution < -0.4 is 10.6 Å². The van der Waals surface area contributed by atoms with Crippen LogP contribution in [0.5, 0.6) is 0 Å². The number of hydrogen-bond donors (Lipinski definition) is 2. The number of rotatable bonds is 9. The Kier molecular flexibility index (Phi) is 10.3. The zero-order valence-electron chi connectivity index (χ0n) is 18.8. The molecule has 0 bridgehead atoms. The molecule has 3 amide bonds. The lowest BCUT2D eigenvalue weighted by Gasteiger charge is -2.29. The Morgan fingerprint density at radius 2 is 1.73 bits per heavy atom. The van der Waals surface area contributed by atoms with Crippen LogP contribution in [-0.2, 0) is 14.3 Å². The minimum Gasteiger partial charge on any atom is -0.459 e. The summed E-state index contributed by atoms with van der Waals surface area (Å²) >= 11 is 3.35. The van der Waals surface area contributed by atoms with Gasteiger partial charge in [-0.05, 0) is 63.8 Å². The van der Waals surface area contributed by atoms with Crippen molar-refractivity contribution in [1.29, 1.82) is 0 Å². The molecule has 1 aromatic rings. The predicted octanol–water partition coefficient (Wildman–Crippen LogP) is 4.57. The van der Waals surface area contributed by atoms with Gasteiger partial charge in [0.1, 0.15) is 18.2 Å². The van der Waals surface area contributed by atoms with E-state index < -0.39 is 23.6 Å². The Bertz CT molecular complexity index is 714. The molecule has 1 rings (SSSR count). The summed E-state index contributed by atoms with van der Waals surface area (Å²) in [5, 5.41) is 5.50. The predicted molar refractivity (Wildman–Crippen MR) is 122 cm³/mol. The lowest BCUT2D eigenvalue weighted by Crippen LogP contribution is -2.52. The molecule has 0 aliphatic heterocycles. The normalized spacial score (nSPS) is 12.3. The summed E-state index contributed by atoms with van der Waals surface area (Å²) in [6.45, 7) is 11.5. The number of hydrogen-bond acceptors (Lipinski definition) is 4. The summed E-state index contributed by atoms with van der Waals surface area (Å²) in [5.41, 5.74) is -0.0105. The molecule has 0 saturated heterocycles. The second-order valence-electron chi connectivity index (χ2n) is 8.63. The van der Waals surface area contributed by atoms with Crippen LogP contribution in [0, 0.1) is 5.92 Å². The molecule has 0 aliphatic rings. The summed E-state index contributed by atoms with van der Waals surface area (Å²) < 4.78 is 6.26. The van der Waals surface area contributed by atoms with Crippen molar-refractivity contribution in [3.05, 3.63) is 28.7 Å². The van der Waals surface area contributed by atoms with E-state index in [1.165, 1.54) is 4.90 Å². The van der Waals surface area contributed by atoms with Gasteiger partial charge in [-0.25, -0.2) is 4.79 Å². The molecule has 2 N–H and O–H groups in total. The number of urea groups is 1. The molecule has 0 radical (unpaired) electrons. The summed E-state index contributed by atoms with van der Waals surface area (Å²) in [5.74, 6) is -0.578. The molecule has 0 unspecified atom stereocenters. The third-order valence-electron chi connectivity index (χ3n) is 3.96. The Balaban J connectivity index is 2.88. The molecule has 1 atom stereocenters. The molecule has 30 heavy (non-hydrogen) atoms. The van der Waals surface area contributed by atoms with Gasteiger partial charge in [0.25, 0.3) is 0 Å². The Labute approximate surface area is 188 Å². The van der Waals surface area contributed by atoms with Crippen molar-refractivity contribution in [2.45, 2.75) is 66.0 Å². The van der Waals surface area contributed by atoms with Crippen LogP contribution in [-0.4, -0.2) is 47.5 Å². The maximum atomic E-state index is 13.2. The number of amides is 3. The number of halogens is 1. The summed E-state index contributed by atoms with van der Waals surface area (Å²) in [7, 11) is 0. The van der Waals surface area contributed by atoms with Crippen molar-refractivity contribution in [3.8, 4) is 0 Å². The number of nitrogens with zero attached hydrogens (tertiary/aromatic N) is 1. The first-order valence-electron chi connectivity index (χ1n) is 10.2. The van der Waals surface area contributed by atoms with E-state index in [2.05, 4.69) is 26.6 Å². The second kappa shape index (κ2) is 11.9. The highest BCUT2D eigenvalue weighted by Crippen LogP contribution is 2.15. The Hall–Kier alpha value is -2.09. The number of carbonyl (C=O) groups excluding carboxylic acids is 3. The van der Waals surface area contributed by atoms with Crippen LogP contribution in [0.15, 0.2) is 28.7 Å². The Morgan fingerprint density at radius 3 is 2.23 bits per heavy atom. The van der Waals surface area contributed by atoms with Gasteiger partial charge in [0.2, 0.25) is 5.91 Å². The van der Waals surface area contributed by atoms with Crippen molar-refractivity contribution in [3.63, 3.8) is 0 Å². The monoisotopic (exact) mass is 483 g/mol. The third-order valence-corrected chi connectivity index (χ3v) is 4.49. The molecule has 8 heteroatoms. The zero-order valence-corrected chi connectivity index (χ0v) is 20.3. The van der Waals surface area contributed by atoms with Crippen LogP contribution in [0.4, 0.5) is 10.5 Å². The largest absolute Gasteiger partial charge is 0.459 e. The molecule has 0 aliphatic carbocycles. The average Bonchev–Trinajstić information content (AvgIpc) is 2.60. The standard InChI is InChI=1S/C22H34BrN3O4/c1-7-12-26(14-19(27)30-22(4,5)6)20(28)18(13-15(2)3)25-21(29)24-17-10-8-16(23)9-11-17/h8-11,15,18H,7,12-14H2,1-6H3,(H2,24,25,29)/t18-/m0/s1. The Morgan fingerprint density at radius 1 is 1.13 bits per heavy atom. The van der Waals surface area contributed by atoms with Crippen LogP contribution in [0.2, 0.25) is 0 Å². The molecule has 0 heterocycles. The number of esters is 1. The van der Waals surface area contributed by atoms with Gasteiger partial charge in [0, 0.05) is 16.7 Å². The van der Waals surface area contributed by atoms with Crippen LogP contribution in [0.1, 0.15) is 54.4 Å². The minimum atomic E-state index is -0.741. The van der Waals surface area contributed by atoms with Gasteiger partial charge < -0.3 is 20.3 Å². The first kappa shape index (κ1) is 25.9. The molecule has 168 valence electrons. The lowest BCUT2D eigenvalue weighted by molar-refractivity contribution is -0.159. The van der Waals surface area contributed by atoms with Crippen molar-refractivity contribution in [2.75, 3.05) is 18.4 Å². The fraction of sp³-hybridized carbons (Fsp3) is 0.591. The van der Waals surface area contributed by atoms with E-state index in [0.717, 1.165) is 4.47 Å². The molecule has 1 aromatic carbocycles. The summed E-state index contributed by atoms with van der Waals surface area (Å²) in [4.78, 5) is 39.4. The molecular formula is C22H34BrN3O4. The van der Waals surface area contributed by atoms with Gasteiger partial charge in [0.15, 0.2) is 0 Å². The fourth-order valence-electron chi connectivity index (χ4n) is 2.84. The zero-order chi connectivity index (χ0) is 22.9. The first-order chi connectivity index (χ1) is 13.9. The maximum absolute atomic E-state index is 13.2. The van der Waals surface area contributed by atoms with Crippen LogP contribution in [0.3, 0.4) is 0 Å². The quantitative estimate of drug-likeness (QED) is 0.503. The van der Waals surface area contributed by atoms with Crippen molar-refractivity contribution in [1.82, 2.24) is 10.2 Å². The lowest BCUT2D eigenvalue weighted by atomic mass is 10.0. The first-order valence-corrected chi connectivity index (χ1v) is 11.0. The van der Waals surface area contributed by atoms with Gasteiger partial charge >= 0.3 is 12.0 Å². The number of nitrogens with one attached hydrogen (secondary N) is 2. The van der Waals surface area contributed by atoms with Crippen molar-refractivity contribution in [2.24, 2.45) is 5.92 Å². The van der Waals surface area contributed by atoms with E-state index in [1.54, 1.807) is 32.9 Å². The maximum Gasteiger partial charge on any atom is 0.326 e. The van der Waals surface area contributed by atoms with E-state index in [1.807, 2.05) is 32.9 Å². The average molecular weight is 484 g/mol. The van der Waals surface area contributed by atoms with E-state index >= 15 is 0 Å². The molecule has 0 fully saturated rings. The van der Waals surface area contributed by atoms with E-state index in [9.17, 15) is 14.4 Å². The van der Waals surface area contributed by atoms with Gasteiger partial charge in [-0.15, -0.1) is 0 Å². The van der Waals surface area contributed by atoms with E-state index in [0.29, 0.717) is 25.1 Å². The molecular weight excluding hydrogens is 450 g/mol. The van der Waals surface area contributed by atoms with Crippen molar-refractivity contribution >= 4 is 39.5 Å². The summed E-state index contributed by atoms with van der Waals surface area (Å²) in [6.07, 6.45) is 1.15. The SMILES string of the molecule is CCCN(CC(=O)OC(C)(C)C)C(=O)[C@H](CC(C)C)NC(=O)Nc1ccc(Br)cc1. The molecule has 0 aromatic heterocycles. The number of ether oxygens (including phenoxy) is 1. The number of carbonyl (C=O) groups is 3. The van der Waals surface area contributed by atoms with Crippen LogP contribution >= 0.6 is 15.9 Å². The van der Waals surface area contributed by atoms with Gasteiger partial charge in [-0.1, -0.05) is 36.7 Å². The second-order valence-corrected chi connectivity index (χ2v) is 9.55. The molecule has 0 saturated carbocycles. The summed E-state index contributed by atoms with van der Waals surface area (Å²) in [6, 6.07) is 5.94. The highest BCUT2D eigenvalue weighted by atomic mass is 79.9. The highest BCUT2D eigenvalue weighted by molar-refractivity contribution is 9.10. The van der Waals surface area contributed by atoms with Gasteiger partial charge in [-0.2, -0.15) is 0 Å². The highest BCUT2D eigenvalue weighted by Gasteiger charge is 2.29. The van der Waals surface area contributed by atoms with Crippen molar-refractivity contribution < 1.29 is 19.1 Å². The smallest absolute Gasteiger partial charge is 0.326 e. The van der Waals surface area contributed by atoms with E-state index in [4.69, 9.17) is 4.74 Å². The molecule has 0 spiro atoms. The minimum absolute atomic E-state index is 0.144. The van der Waals surface area contributed by atoms with Gasteiger partial charge in [0.05, 0.1) is 0 Å². The number of anilines is 1.